The molecule has 5 rings (SSSR count). The van der Waals surface area contributed by atoms with Gasteiger partial charge in [0, 0.05) is 50.3 Å². The van der Waals surface area contributed by atoms with Crippen LogP contribution < -0.4 is 15.4 Å². The number of nitrogens with two attached hydrogens (primary N) is 1. The third kappa shape index (κ3) is 4.89. The SMILES string of the molecule is COc1nc2c(c(N3CCCc4nn(C(=O)N(C)C)c(Cl)c4C3)n1)COC(c1c(C(F)(F)F)ccc(N)c1F)C2. The largest absolute Gasteiger partial charge is 0.467 e. The zero-order chi connectivity index (χ0) is 28.9. The summed E-state index contributed by atoms with van der Waals surface area (Å²) < 4.78 is 68.6. The maximum atomic E-state index is 15.0. The molecule has 2 aliphatic rings. The predicted octanol–water partition coefficient (Wildman–Crippen LogP) is 4.37. The molecule has 2 aromatic heterocycles. The Morgan fingerprint density at radius 3 is 2.65 bits per heavy atom. The molecule has 3 aromatic rings. The highest BCUT2D eigenvalue weighted by Gasteiger charge is 2.40. The van der Waals surface area contributed by atoms with Crippen molar-refractivity contribution in [1.29, 1.82) is 0 Å². The fourth-order valence-corrected chi connectivity index (χ4v) is 5.25. The van der Waals surface area contributed by atoms with Gasteiger partial charge in [0.2, 0.25) is 0 Å². The summed E-state index contributed by atoms with van der Waals surface area (Å²) in [5.74, 6) is -0.733. The Kier molecular flexibility index (Phi) is 7.25. The maximum Gasteiger partial charge on any atom is 0.416 e. The highest BCUT2D eigenvalue weighted by Crippen LogP contribution is 2.43. The van der Waals surface area contributed by atoms with Crippen molar-refractivity contribution in [3.05, 3.63) is 56.7 Å². The first-order valence-electron chi connectivity index (χ1n) is 12.3. The Labute approximate surface area is 231 Å². The van der Waals surface area contributed by atoms with Crippen LogP contribution in [0.4, 0.5) is 33.9 Å². The van der Waals surface area contributed by atoms with E-state index in [1.54, 1.807) is 14.1 Å². The van der Waals surface area contributed by atoms with Gasteiger partial charge < -0.3 is 25.0 Å². The molecule has 214 valence electrons. The Morgan fingerprint density at radius 2 is 1.98 bits per heavy atom. The Balaban J connectivity index is 1.53. The van der Waals surface area contributed by atoms with Gasteiger partial charge in [-0.05, 0) is 25.0 Å². The van der Waals surface area contributed by atoms with E-state index in [-0.39, 0.29) is 30.7 Å². The molecule has 0 aliphatic carbocycles. The molecule has 1 aromatic carbocycles. The van der Waals surface area contributed by atoms with Crippen LogP contribution in [-0.4, -0.2) is 58.4 Å². The van der Waals surface area contributed by atoms with E-state index in [4.69, 9.17) is 26.8 Å². The minimum Gasteiger partial charge on any atom is -0.467 e. The first kappa shape index (κ1) is 27.9. The first-order chi connectivity index (χ1) is 18.9. The predicted molar refractivity (Wildman–Crippen MR) is 137 cm³/mol. The van der Waals surface area contributed by atoms with E-state index >= 15 is 0 Å². The summed E-state index contributed by atoms with van der Waals surface area (Å²) in [6, 6.07) is 1.23. The summed E-state index contributed by atoms with van der Waals surface area (Å²) in [5, 5.41) is 4.60. The van der Waals surface area contributed by atoms with Crippen molar-refractivity contribution in [2.24, 2.45) is 0 Å². The summed E-state index contributed by atoms with van der Waals surface area (Å²) in [6.45, 7) is 0.611. The molecule has 0 spiro atoms. The number of carbonyl (C=O) groups excluding carboxylic acids is 1. The van der Waals surface area contributed by atoms with Crippen LogP contribution in [0.2, 0.25) is 5.15 Å². The fraction of sp³-hybridized carbons (Fsp3) is 0.440. The molecular weight excluding hydrogens is 558 g/mol. The number of ether oxygens (including phenoxy) is 2. The van der Waals surface area contributed by atoms with E-state index in [1.807, 2.05) is 4.90 Å². The number of rotatable bonds is 3. The van der Waals surface area contributed by atoms with Crippen molar-refractivity contribution in [1.82, 2.24) is 24.6 Å². The number of nitrogens with zero attached hydrogens (tertiary/aromatic N) is 6. The second-order valence-corrected chi connectivity index (χ2v) is 10.1. The standard InChI is InChI=1S/C25H26ClF4N7O3/c1-35(2)24(38)37-21(26)12-10-36(8-4-5-16(12)34-37)22-13-11-40-18(9-17(13)32-23(33-22)39-3)19-14(25(28,29)30)6-7-15(31)20(19)27/h6-7,18H,4-5,8-11,31H2,1-3H3. The van der Waals surface area contributed by atoms with Crippen LogP contribution in [0, 0.1) is 5.82 Å². The van der Waals surface area contributed by atoms with E-state index in [9.17, 15) is 22.4 Å². The molecule has 0 saturated carbocycles. The van der Waals surface area contributed by atoms with Gasteiger partial charge >= 0.3 is 18.2 Å². The summed E-state index contributed by atoms with van der Waals surface area (Å²) in [5.41, 5.74) is 5.62. The number of carbonyl (C=O) groups is 1. The summed E-state index contributed by atoms with van der Waals surface area (Å²) in [7, 11) is 4.56. The van der Waals surface area contributed by atoms with Crippen LogP contribution in [0.1, 0.15) is 46.2 Å². The van der Waals surface area contributed by atoms with Crippen molar-refractivity contribution < 1.29 is 31.8 Å². The number of aryl methyl sites for hydroxylation is 1. The molecule has 2 aliphatic heterocycles. The van der Waals surface area contributed by atoms with Crippen molar-refractivity contribution >= 4 is 29.1 Å². The van der Waals surface area contributed by atoms with Gasteiger partial charge in [-0.15, -0.1) is 0 Å². The average molecular weight is 584 g/mol. The molecule has 40 heavy (non-hydrogen) atoms. The quantitative estimate of drug-likeness (QED) is 0.357. The second kappa shape index (κ2) is 10.4. The number of benzene rings is 1. The number of halogens is 5. The van der Waals surface area contributed by atoms with Crippen LogP contribution in [0.5, 0.6) is 6.01 Å². The number of nitrogen functional groups attached to an aromatic ring is 1. The highest BCUT2D eigenvalue weighted by molar-refractivity contribution is 6.31. The minimum atomic E-state index is -4.82. The third-order valence-corrected chi connectivity index (χ3v) is 7.32. The van der Waals surface area contributed by atoms with Crippen LogP contribution in [0.15, 0.2) is 12.1 Å². The van der Waals surface area contributed by atoms with Gasteiger partial charge in [0.25, 0.3) is 0 Å². The van der Waals surface area contributed by atoms with Crippen LogP contribution in [0.3, 0.4) is 0 Å². The van der Waals surface area contributed by atoms with E-state index in [1.165, 1.54) is 12.0 Å². The van der Waals surface area contributed by atoms with Gasteiger partial charge in [-0.1, -0.05) is 11.6 Å². The van der Waals surface area contributed by atoms with E-state index in [2.05, 4.69) is 15.1 Å². The van der Waals surface area contributed by atoms with Gasteiger partial charge in [-0.2, -0.15) is 32.9 Å². The van der Waals surface area contributed by atoms with Gasteiger partial charge in [0.05, 0.1) is 42.5 Å². The topological polar surface area (TPSA) is 112 Å². The number of methoxy groups -OCH3 is 1. The number of hydrogen-bond donors (Lipinski definition) is 1. The van der Waals surface area contributed by atoms with E-state index in [0.29, 0.717) is 47.7 Å². The molecule has 15 heteroatoms. The first-order valence-corrected chi connectivity index (χ1v) is 12.7. The Hall–Kier alpha value is -3.65. The molecule has 0 saturated heterocycles. The van der Waals surface area contributed by atoms with Crippen molar-refractivity contribution in [2.45, 2.75) is 44.7 Å². The zero-order valence-corrected chi connectivity index (χ0v) is 22.6. The van der Waals surface area contributed by atoms with Crippen LogP contribution in [-0.2, 0) is 36.9 Å². The molecule has 1 amide bonds. The van der Waals surface area contributed by atoms with Crippen LogP contribution >= 0.6 is 11.6 Å². The van der Waals surface area contributed by atoms with Gasteiger partial charge in [0.1, 0.15) is 11.0 Å². The number of fused-ring (bicyclic) bond motifs is 2. The normalized spacial score (nSPS) is 17.2. The summed E-state index contributed by atoms with van der Waals surface area (Å²) in [6.07, 6.45) is -5.05. The molecule has 2 N–H and O–H groups in total. The van der Waals surface area contributed by atoms with Crippen molar-refractivity contribution in [3.8, 4) is 6.01 Å². The Bertz CT molecular complexity index is 1480. The molecule has 1 atom stereocenters. The molecule has 10 nitrogen and oxygen atoms in total. The lowest BCUT2D eigenvalue weighted by Crippen LogP contribution is -2.30. The molecule has 4 heterocycles. The maximum absolute atomic E-state index is 15.0. The monoisotopic (exact) mass is 583 g/mol. The number of hydrogen-bond acceptors (Lipinski definition) is 8. The van der Waals surface area contributed by atoms with Crippen molar-refractivity contribution in [2.75, 3.05) is 38.4 Å². The van der Waals surface area contributed by atoms with Gasteiger partial charge in [-0.25, -0.2) is 9.18 Å². The third-order valence-electron chi connectivity index (χ3n) is 6.94. The van der Waals surface area contributed by atoms with Crippen LogP contribution in [0.25, 0.3) is 0 Å². The molecule has 0 bridgehead atoms. The molecule has 0 radical (unpaired) electrons. The average Bonchev–Trinajstić information content (AvgIpc) is 3.07. The molecule has 1 unspecified atom stereocenters. The lowest BCUT2D eigenvalue weighted by atomic mass is 9.94. The van der Waals surface area contributed by atoms with Gasteiger partial charge in [-0.3, -0.25) is 0 Å². The summed E-state index contributed by atoms with van der Waals surface area (Å²) >= 11 is 6.58. The van der Waals surface area contributed by atoms with E-state index in [0.717, 1.165) is 16.8 Å². The fourth-order valence-electron chi connectivity index (χ4n) is 4.97. The minimum absolute atomic E-state index is 0.00691. The van der Waals surface area contributed by atoms with Gasteiger partial charge in [0.15, 0.2) is 5.82 Å². The lowest BCUT2D eigenvalue weighted by Gasteiger charge is -2.31. The van der Waals surface area contributed by atoms with E-state index < -0.39 is 40.9 Å². The zero-order valence-electron chi connectivity index (χ0n) is 21.8. The number of aromatic nitrogens is 4. The summed E-state index contributed by atoms with van der Waals surface area (Å²) in [4.78, 5) is 24.7. The number of alkyl halides is 3. The second-order valence-electron chi connectivity index (χ2n) is 9.72. The van der Waals surface area contributed by atoms with Crippen molar-refractivity contribution in [3.63, 3.8) is 0 Å². The Morgan fingerprint density at radius 1 is 1.23 bits per heavy atom. The number of amides is 1. The molecular formula is C25H26ClF4N7O3. The lowest BCUT2D eigenvalue weighted by molar-refractivity contribution is -0.140. The highest BCUT2D eigenvalue weighted by atomic mass is 35.5. The molecule has 0 fully saturated rings. The number of anilines is 2. The smallest absolute Gasteiger partial charge is 0.416 e.